The molecule has 0 amide bonds. The van der Waals surface area contributed by atoms with Gasteiger partial charge in [0.2, 0.25) is 0 Å². The minimum absolute atomic E-state index is 0.0535. The maximum atomic E-state index is 9.36. The average Bonchev–Trinajstić information content (AvgIpc) is 2.51. The Morgan fingerprint density at radius 2 is 1.64 bits per heavy atom. The number of ether oxygens (including phenoxy) is 1. The molecule has 0 N–H and O–H groups in total. The normalized spacial score (nSPS) is 11.7. The molecule has 0 aliphatic heterocycles. The second kappa shape index (κ2) is 7.66. The molecular weight excluding hydrogens is 270 g/mol. The Labute approximate surface area is 133 Å². The first-order valence-corrected chi connectivity index (χ1v) is 7.77. The topological polar surface area (TPSA) is 33.0 Å². The van der Waals surface area contributed by atoms with E-state index in [0.717, 1.165) is 35.3 Å². The third-order valence-corrected chi connectivity index (χ3v) is 3.93. The van der Waals surface area contributed by atoms with Crippen LogP contribution in [-0.4, -0.2) is 6.61 Å². The summed E-state index contributed by atoms with van der Waals surface area (Å²) in [7, 11) is 0. The number of aryl methyl sites for hydroxylation is 3. The van der Waals surface area contributed by atoms with Crippen molar-refractivity contribution in [1.82, 2.24) is 0 Å². The van der Waals surface area contributed by atoms with Crippen LogP contribution in [0.2, 0.25) is 0 Å². The molecule has 0 saturated heterocycles. The van der Waals surface area contributed by atoms with E-state index in [1.165, 1.54) is 5.56 Å². The number of para-hydroxylation sites is 1. The van der Waals surface area contributed by atoms with Crippen molar-refractivity contribution >= 4 is 0 Å². The molecule has 2 nitrogen and oxygen atoms in total. The minimum atomic E-state index is -0.0535. The highest BCUT2D eigenvalue weighted by atomic mass is 16.5. The Morgan fingerprint density at radius 1 is 1.00 bits per heavy atom. The van der Waals surface area contributed by atoms with E-state index < -0.39 is 0 Å². The highest BCUT2D eigenvalue weighted by Gasteiger charge is 2.10. The molecule has 2 aromatic rings. The van der Waals surface area contributed by atoms with E-state index in [-0.39, 0.29) is 5.92 Å². The van der Waals surface area contributed by atoms with Gasteiger partial charge in [0.25, 0.3) is 0 Å². The predicted molar refractivity (Wildman–Crippen MR) is 90.2 cm³/mol. The van der Waals surface area contributed by atoms with E-state index in [1.54, 1.807) is 0 Å². The van der Waals surface area contributed by atoms with Gasteiger partial charge in [-0.1, -0.05) is 48.0 Å². The zero-order chi connectivity index (χ0) is 15.9. The van der Waals surface area contributed by atoms with Gasteiger partial charge >= 0.3 is 0 Å². The molecule has 2 heteroatoms. The van der Waals surface area contributed by atoms with Gasteiger partial charge < -0.3 is 4.74 Å². The Morgan fingerprint density at radius 3 is 2.23 bits per heavy atom. The van der Waals surface area contributed by atoms with Crippen LogP contribution in [0, 0.1) is 32.1 Å². The zero-order valence-electron chi connectivity index (χ0n) is 13.6. The molecule has 114 valence electrons. The second-order valence-corrected chi connectivity index (χ2v) is 5.80. The minimum Gasteiger partial charge on any atom is -0.493 e. The summed E-state index contributed by atoms with van der Waals surface area (Å²) in [6, 6.07) is 16.8. The lowest BCUT2D eigenvalue weighted by atomic mass is 9.95. The molecule has 0 fully saturated rings. The smallest absolute Gasteiger partial charge is 0.125 e. The van der Waals surface area contributed by atoms with Crippen molar-refractivity contribution in [2.24, 2.45) is 0 Å². The first kappa shape index (κ1) is 16.1. The number of benzene rings is 2. The third-order valence-electron chi connectivity index (χ3n) is 3.93. The van der Waals surface area contributed by atoms with Crippen molar-refractivity contribution in [1.29, 1.82) is 5.26 Å². The molecule has 22 heavy (non-hydrogen) atoms. The lowest BCUT2D eigenvalue weighted by Crippen LogP contribution is -2.04. The molecule has 1 unspecified atom stereocenters. The molecule has 1 atom stereocenters. The first-order chi connectivity index (χ1) is 10.6. The molecule has 0 aliphatic carbocycles. The van der Waals surface area contributed by atoms with Gasteiger partial charge in [-0.05, 0) is 50.3 Å². The van der Waals surface area contributed by atoms with Crippen LogP contribution in [0.1, 0.15) is 41.0 Å². The summed E-state index contributed by atoms with van der Waals surface area (Å²) in [5.74, 6) is 0.925. The van der Waals surface area contributed by atoms with Crippen molar-refractivity contribution < 1.29 is 4.74 Å². The standard InChI is InChI=1S/C20H23NO/c1-15-9-11-18(12-10-15)19(14-21)8-5-13-22-20-16(2)6-4-7-17(20)3/h4,6-7,9-12,19H,5,8,13H2,1-3H3. The number of hydrogen-bond acceptors (Lipinski definition) is 2. The van der Waals surface area contributed by atoms with Crippen molar-refractivity contribution in [3.8, 4) is 11.8 Å². The Bertz CT molecular complexity index is 632. The summed E-state index contributed by atoms with van der Waals surface area (Å²) in [5.41, 5.74) is 4.64. The monoisotopic (exact) mass is 293 g/mol. The molecule has 2 rings (SSSR count). The van der Waals surface area contributed by atoms with Crippen LogP contribution in [0.4, 0.5) is 0 Å². The maximum Gasteiger partial charge on any atom is 0.125 e. The molecule has 2 aromatic carbocycles. The van der Waals surface area contributed by atoms with Crippen LogP contribution in [-0.2, 0) is 0 Å². The first-order valence-electron chi connectivity index (χ1n) is 7.77. The largest absolute Gasteiger partial charge is 0.493 e. The summed E-state index contributed by atoms with van der Waals surface area (Å²) in [6.07, 6.45) is 1.70. The van der Waals surface area contributed by atoms with Crippen molar-refractivity contribution in [3.05, 3.63) is 64.7 Å². The van der Waals surface area contributed by atoms with Gasteiger partial charge in [-0.15, -0.1) is 0 Å². The summed E-state index contributed by atoms with van der Waals surface area (Å²) in [5, 5.41) is 9.36. The molecule has 0 aliphatic rings. The third kappa shape index (κ3) is 4.11. The maximum absolute atomic E-state index is 9.36. The van der Waals surface area contributed by atoms with Crippen LogP contribution in [0.25, 0.3) is 0 Å². The average molecular weight is 293 g/mol. The lowest BCUT2D eigenvalue weighted by molar-refractivity contribution is 0.301. The van der Waals surface area contributed by atoms with E-state index in [2.05, 4.69) is 63.2 Å². The van der Waals surface area contributed by atoms with Crippen molar-refractivity contribution in [2.45, 2.75) is 39.5 Å². The van der Waals surface area contributed by atoms with Crippen LogP contribution in [0.15, 0.2) is 42.5 Å². The fourth-order valence-electron chi connectivity index (χ4n) is 2.59. The quantitative estimate of drug-likeness (QED) is 0.696. The van der Waals surface area contributed by atoms with Crippen molar-refractivity contribution in [3.63, 3.8) is 0 Å². The van der Waals surface area contributed by atoms with Crippen LogP contribution >= 0.6 is 0 Å². The van der Waals surface area contributed by atoms with E-state index in [1.807, 2.05) is 6.07 Å². The fourth-order valence-corrected chi connectivity index (χ4v) is 2.59. The number of rotatable bonds is 6. The summed E-state index contributed by atoms with van der Waals surface area (Å²) < 4.78 is 5.91. The van der Waals surface area contributed by atoms with Gasteiger partial charge in [-0.25, -0.2) is 0 Å². The van der Waals surface area contributed by atoms with Gasteiger partial charge in [-0.3, -0.25) is 0 Å². The van der Waals surface area contributed by atoms with Crippen LogP contribution < -0.4 is 4.74 Å². The summed E-state index contributed by atoms with van der Waals surface area (Å²) >= 11 is 0. The highest BCUT2D eigenvalue weighted by Crippen LogP contribution is 2.24. The number of nitrogens with zero attached hydrogens (tertiary/aromatic N) is 1. The Balaban J connectivity index is 1.87. The molecule has 0 aromatic heterocycles. The molecule has 0 spiro atoms. The SMILES string of the molecule is Cc1ccc(C(C#N)CCCOc2c(C)cccc2C)cc1. The van der Waals surface area contributed by atoms with Crippen LogP contribution in [0.5, 0.6) is 5.75 Å². The fraction of sp³-hybridized carbons (Fsp3) is 0.350. The molecule has 0 saturated carbocycles. The van der Waals surface area contributed by atoms with Gasteiger partial charge in [0.05, 0.1) is 18.6 Å². The van der Waals surface area contributed by atoms with Gasteiger partial charge in [0.15, 0.2) is 0 Å². The molecule has 0 bridgehead atoms. The summed E-state index contributed by atoms with van der Waals surface area (Å²) in [6.45, 7) is 6.83. The van der Waals surface area contributed by atoms with Crippen molar-refractivity contribution in [2.75, 3.05) is 6.61 Å². The second-order valence-electron chi connectivity index (χ2n) is 5.80. The number of nitriles is 1. The molecular formula is C20H23NO. The lowest BCUT2D eigenvalue weighted by Gasteiger charge is -2.13. The van der Waals surface area contributed by atoms with Gasteiger partial charge in [0.1, 0.15) is 5.75 Å². The zero-order valence-corrected chi connectivity index (χ0v) is 13.6. The molecule has 0 heterocycles. The van der Waals surface area contributed by atoms with Gasteiger partial charge in [0, 0.05) is 0 Å². The molecule has 0 radical (unpaired) electrons. The highest BCUT2D eigenvalue weighted by molar-refractivity contribution is 5.39. The summed E-state index contributed by atoms with van der Waals surface area (Å²) in [4.78, 5) is 0. The van der Waals surface area contributed by atoms with E-state index in [9.17, 15) is 5.26 Å². The Kier molecular flexibility index (Phi) is 5.61. The Hall–Kier alpha value is -2.27. The van der Waals surface area contributed by atoms with Crippen LogP contribution in [0.3, 0.4) is 0 Å². The van der Waals surface area contributed by atoms with E-state index in [4.69, 9.17) is 4.74 Å². The van der Waals surface area contributed by atoms with E-state index >= 15 is 0 Å². The van der Waals surface area contributed by atoms with Gasteiger partial charge in [-0.2, -0.15) is 5.26 Å². The van der Waals surface area contributed by atoms with E-state index in [0.29, 0.717) is 6.61 Å². The predicted octanol–water partition coefficient (Wildman–Crippen LogP) is 5.08. The number of hydrogen-bond donors (Lipinski definition) is 0.